The molecule has 0 aliphatic rings. The monoisotopic (exact) mass is 521 g/mol. The summed E-state index contributed by atoms with van der Waals surface area (Å²) in [5.74, 6) is -0.761. The lowest BCUT2D eigenvalue weighted by Crippen LogP contribution is -2.51. The Kier molecular flexibility index (Phi) is 9.10. The van der Waals surface area contributed by atoms with Crippen molar-refractivity contribution >= 4 is 27.5 Å². The van der Waals surface area contributed by atoms with Crippen LogP contribution in [0.5, 0.6) is 0 Å². The van der Waals surface area contributed by atoms with Crippen LogP contribution in [0.4, 0.5) is 5.69 Å². The van der Waals surface area contributed by atoms with Gasteiger partial charge in [-0.15, -0.1) is 0 Å². The van der Waals surface area contributed by atoms with Crippen molar-refractivity contribution < 1.29 is 18.0 Å². The number of rotatable bonds is 10. The van der Waals surface area contributed by atoms with Gasteiger partial charge in [0.15, 0.2) is 0 Å². The minimum atomic E-state index is -4.07. The van der Waals surface area contributed by atoms with Crippen LogP contribution in [0.3, 0.4) is 0 Å². The molecular formula is C29H35N3O4S. The number of hydrogen-bond acceptors (Lipinski definition) is 4. The lowest BCUT2D eigenvalue weighted by atomic mass is 10.1. The number of aryl methyl sites for hydroxylation is 2. The lowest BCUT2D eigenvalue weighted by molar-refractivity contribution is -0.140. The molecule has 0 saturated heterocycles. The topological polar surface area (TPSA) is 86.8 Å². The van der Waals surface area contributed by atoms with Gasteiger partial charge in [0.1, 0.15) is 12.6 Å². The Morgan fingerprint density at radius 2 is 1.54 bits per heavy atom. The molecule has 0 aliphatic heterocycles. The van der Waals surface area contributed by atoms with Crippen LogP contribution in [0.25, 0.3) is 0 Å². The SMILES string of the molecule is CC[C@@H](C(=O)NC)N(Cc1ccc(C)cc1)C(=O)CN(c1cccc(C)c1C)S(=O)(=O)c1ccccc1. The van der Waals surface area contributed by atoms with E-state index in [2.05, 4.69) is 5.32 Å². The molecule has 0 aromatic heterocycles. The average Bonchev–Trinajstić information content (AvgIpc) is 2.90. The molecule has 0 radical (unpaired) electrons. The van der Waals surface area contributed by atoms with Gasteiger partial charge >= 0.3 is 0 Å². The third kappa shape index (κ3) is 6.38. The molecule has 196 valence electrons. The zero-order valence-electron chi connectivity index (χ0n) is 22.1. The van der Waals surface area contributed by atoms with E-state index >= 15 is 0 Å². The Morgan fingerprint density at radius 3 is 2.14 bits per heavy atom. The van der Waals surface area contributed by atoms with Crippen molar-refractivity contribution in [1.82, 2.24) is 10.2 Å². The molecule has 0 saturated carbocycles. The predicted molar refractivity (Wildman–Crippen MR) is 147 cm³/mol. The first kappa shape index (κ1) is 27.9. The first-order valence-electron chi connectivity index (χ1n) is 12.3. The number of amides is 2. The van der Waals surface area contributed by atoms with E-state index < -0.39 is 28.5 Å². The van der Waals surface area contributed by atoms with Crippen molar-refractivity contribution in [3.8, 4) is 0 Å². The van der Waals surface area contributed by atoms with Crippen LogP contribution in [0.15, 0.2) is 77.7 Å². The summed E-state index contributed by atoms with van der Waals surface area (Å²) in [5.41, 5.74) is 4.03. The molecule has 8 heteroatoms. The van der Waals surface area contributed by atoms with Crippen LogP contribution < -0.4 is 9.62 Å². The molecule has 0 unspecified atom stereocenters. The highest BCUT2D eigenvalue weighted by Crippen LogP contribution is 2.29. The number of sulfonamides is 1. The van der Waals surface area contributed by atoms with Gasteiger partial charge in [0.2, 0.25) is 11.8 Å². The van der Waals surface area contributed by atoms with E-state index in [9.17, 15) is 18.0 Å². The van der Waals surface area contributed by atoms with Crippen molar-refractivity contribution in [2.24, 2.45) is 0 Å². The van der Waals surface area contributed by atoms with E-state index in [1.165, 1.54) is 24.1 Å². The van der Waals surface area contributed by atoms with E-state index in [-0.39, 0.29) is 17.3 Å². The summed E-state index contributed by atoms with van der Waals surface area (Å²) in [7, 11) is -2.54. The summed E-state index contributed by atoms with van der Waals surface area (Å²) in [6, 6.07) is 20.4. The lowest BCUT2D eigenvalue weighted by Gasteiger charge is -2.33. The van der Waals surface area contributed by atoms with Crippen LogP contribution in [0, 0.1) is 20.8 Å². The van der Waals surface area contributed by atoms with Crippen molar-refractivity contribution in [1.29, 1.82) is 0 Å². The molecular weight excluding hydrogens is 486 g/mol. The molecule has 37 heavy (non-hydrogen) atoms. The number of benzene rings is 3. The Morgan fingerprint density at radius 1 is 0.892 bits per heavy atom. The van der Waals surface area contributed by atoms with E-state index in [0.29, 0.717) is 12.1 Å². The molecule has 1 N–H and O–H groups in total. The molecule has 1 atom stereocenters. The maximum absolute atomic E-state index is 13.9. The van der Waals surface area contributed by atoms with Gasteiger partial charge in [-0.3, -0.25) is 13.9 Å². The van der Waals surface area contributed by atoms with E-state index in [1.54, 1.807) is 30.3 Å². The molecule has 0 spiro atoms. The van der Waals surface area contributed by atoms with Crippen molar-refractivity contribution in [3.05, 3.63) is 95.1 Å². The van der Waals surface area contributed by atoms with Gasteiger partial charge in [0.05, 0.1) is 10.6 Å². The second kappa shape index (κ2) is 12.1. The predicted octanol–water partition coefficient (Wildman–Crippen LogP) is 4.36. The molecule has 3 rings (SSSR count). The van der Waals surface area contributed by atoms with E-state index in [0.717, 1.165) is 26.6 Å². The van der Waals surface area contributed by atoms with Crippen molar-refractivity contribution in [2.45, 2.75) is 51.6 Å². The Labute approximate surface area is 220 Å². The molecule has 7 nitrogen and oxygen atoms in total. The van der Waals surface area contributed by atoms with Gasteiger partial charge in [-0.1, -0.05) is 67.1 Å². The van der Waals surface area contributed by atoms with Crippen molar-refractivity contribution in [2.75, 3.05) is 17.9 Å². The molecule has 3 aromatic rings. The normalized spacial score (nSPS) is 12.0. The van der Waals surface area contributed by atoms with Gasteiger partial charge in [-0.25, -0.2) is 8.42 Å². The zero-order valence-corrected chi connectivity index (χ0v) is 22.9. The number of nitrogens with zero attached hydrogens (tertiary/aromatic N) is 2. The van der Waals surface area contributed by atoms with Gasteiger partial charge in [-0.05, 0) is 62.1 Å². The summed E-state index contributed by atoms with van der Waals surface area (Å²) in [6.07, 6.45) is 0.381. The molecule has 0 aliphatic carbocycles. The van der Waals surface area contributed by atoms with Crippen LogP contribution in [-0.2, 0) is 26.2 Å². The fraction of sp³-hybridized carbons (Fsp3) is 0.310. The Balaban J connectivity index is 2.09. The maximum Gasteiger partial charge on any atom is 0.264 e. The number of nitrogens with one attached hydrogen (secondary N) is 1. The van der Waals surface area contributed by atoms with E-state index in [4.69, 9.17) is 0 Å². The summed E-state index contributed by atoms with van der Waals surface area (Å²) in [4.78, 5) is 28.3. The van der Waals surface area contributed by atoms with Crippen molar-refractivity contribution in [3.63, 3.8) is 0 Å². The molecule has 2 amide bonds. The fourth-order valence-corrected chi connectivity index (χ4v) is 5.71. The van der Waals surface area contributed by atoms with Gasteiger partial charge in [-0.2, -0.15) is 0 Å². The number of carbonyl (C=O) groups is 2. The van der Waals surface area contributed by atoms with Gasteiger partial charge in [0, 0.05) is 13.6 Å². The zero-order chi connectivity index (χ0) is 27.2. The number of carbonyl (C=O) groups excluding carboxylic acids is 2. The summed E-state index contributed by atoms with van der Waals surface area (Å²) >= 11 is 0. The Hall–Kier alpha value is -3.65. The van der Waals surface area contributed by atoms with E-state index in [1.807, 2.05) is 58.0 Å². The highest BCUT2D eigenvalue weighted by atomic mass is 32.2. The van der Waals surface area contributed by atoms with Gasteiger partial charge < -0.3 is 10.2 Å². The highest BCUT2D eigenvalue weighted by Gasteiger charge is 2.34. The third-order valence-electron chi connectivity index (χ3n) is 6.56. The standard InChI is InChI=1S/C29H35N3O4S/c1-6-26(29(34)30-5)31(19-24-17-15-21(2)16-18-24)28(33)20-32(27-14-10-11-22(3)23(27)4)37(35,36)25-12-8-7-9-13-25/h7-18,26H,6,19-20H2,1-5H3,(H,30,34)/t26-/m0/s1. The summed E-state index contributed by atoms with van der Waals surface area (Å²) < 4.78 is 28.9. The number of anilines is 1. The molecule has 0 heterocycles. The summed E-state index contributed by atoms with van der Waals surface area (Å²) in [6.45, 7) is 7.28. The number of likely N-dealkylation sites (N-methyl/N-ethyl adjacent to an activating group) is 1. The fourth-order valence-electron chi connectivity index (χ4n) is 4.22. The average molecular weight is 522 g/mol. The van der Waals surface area contributed by atoms with Crippen LogP contribution >= 0.6 is 0 Å². The van der Waals surface area contributed by atoms with Crippen LogP contribution in [0.1, 0.15) is 35.6 Å². The minimum Gasteiger partial charge on any atom is -0.357 e. The minimum absolute atomic E-state index is 0.0899. The Bertz CT molecular complexity index is 1340. The second-order valence-corrected chi connectivity index (χ2v) is 11.0. The third-order valence-corrected chi connectivity index (χ3v) is 8.33. The second-order valence-electron chi connectivity index (χ2n) is 9.09. The van der Waals surface area contributed by atoms with Crippen LogP contribution in [0.2, 0.25) is 0 Å². The first-order chi connectivity index (χ1) is 17.6. The number of hydrogen-bond donors (Lipinski definition) is 1. The maximum atomic E-state index is 13.9. The quantitative estimate of drug-likeness (QED) is 0.430. The summed E-state index contributed by atoms with van der Waals surface area (Å²) in [5, 5.41) is 2.64. The smallest absolute Gasteiger partial charge is 0.264 e. The van der Waals surface area contributed by atoms with Gasteiger partial charge in [0.25, 0.3) is 10.0 Å². The largest absolute Gasteiger partial charge is 0.357 e. The highest BCUT2D eigenvalue weighted by molar-refractivity contribution is 7.92. The van der Waals surface area contributed by atoms with Crippen LogP contribution in [-0.4, -0.2) is 44.8 Å². The first-order valence-corrected chi connectivity index (χ1v) is 13.7. The molecule has 0 bridgehead atoms. The molecule has 0 fully saturated rings. The molecule has 3 aromatic carbocycles.